The Balaban J connectivity index is 2.22. The van der Waals surface area contributed by atoms with Gasteiger partial charge in [0.1, 0.15) is 0 Å². The molecule has 0 radical (unpaired) electrons. The van der Waals surface area contributed by atoms with Crippen LogP contribution in [0.4, 0.5) is 11.4 Å². The number of ether oxygens (including phenoxy) is 1. The maximum atomic E-state index is 10.1. The zero-order valence-corrected chi connectivity index (χ0v) is 13.9. The lowest BCUT2D eigenvalue weighted by atomic mass is 10.1. The van der Waals surface area contributed by atoms with Crippen molar-refractivity contribution in [1.82, 2.24) is 0 Å². The number of hydrogen-bond donors (Lipinski definition) is 2. The molecule has 0 heterocycles. The number of para-hydroxylation sites is 1. The summed E-state index contributed by atoms with van der Waals surface area (Å²) in [4.78, 5) is 2.04. The summed E-state index contributed by atoms with van der Waals surface area (Å²) in [5.41, 5.74) is 2.87. The lowest BCUT2D eigenvalue weighted by Gasteiger charge is -2.19. The molecule has 0 aromatic heterocycles. The van der Waals surface area contributed by atoms with Crippen LogP contribution in [0.25, 0.3) is 0 Å². The van der Waals surface area contributed by atoms with Crippen LogP contribution in [0.2, 0.25) is 0 Å². The largest absolute Gasteiger partial charge is 0.504 e. The molecular weight excluding hydrogens is 332 g/mol. The monoisotopic (exact) mass is 350 g/mol. The Labute approximate surface area is 133 Å². The maximum absolute atomic E-state index is 10.1. The minimum atomic E-state index is 0.175. The van der Waals surface area contributed by atoms with E-state index in [0.29, 0.717) is 12.3 Å². The molecule has 0 aliphatic heterocycles. The summed E-state index contributed by atoms with van der Waals surface area (Å²) in [6.45, 7) is 0.514. The smallest absolute Gasteiger partial charge is 0.162 e. The molecule has 0 atom stereocenters. The van der Waals surface area contributed by atoms with Crippen LogP contribution in [0.5, 0.6) is 11.5 Å². The van der Waals surface area contributed by atoms with Crippen LogP contribution in [0.1, 0.15) is 5.56 Å². The van der Waals surface area contributed by atoms with Gasteiger partial charge < -0.3 is 20.1 Å². The molecule has 0 saturated carbocycles. The number of nitrogens with zero attached hydrogens (tertiary/aromatic N) is 1. The second-order valence-electron chi connectivity index (χ2n) is 4.88. The molecule has 4 nitrogen and oxygen atoms in total. The van der Waals surface area contributed by atoms with Crippen molar-refractivity contribution < 1.29 is 9.84 Å². The van der Waals surface area contributed by atoms with E-state index in [-0.39, 0.29) is 5.75 Å². The van der Waals surface area contributed by atoms with Crippen LogP contribution in [0.3, 0.4) is 0 Å². The molecule has 0 saturated heterocycles. The number of anilines is 2. The van der Waals surface area contributed by atoms with Crippen molar-refractivity contribution in [3.05, 3.63) is 46.4 Å². The highest BCUT2D eigenvalue weighted by Gasteiger charge is 2.09. The molecule has 112 valence electrons. The maximum Gasteiger partial charge on any atom is 0.162 e. The van der Waals surface area contributed by atoms with Gasteiger partial charge in [0, 0.05) is 30.7 Å². The van der Waals surface area contributed by atoms with E-state index in [1.165, 1.54) is 0 Å². The Kier molecular flexibility index (Phi) is 4.96. The van der Waals surface area contributed by atoms with Crippen LogP contribution in [0.15, 0.2) is 40.9 Å². The van der Waals surface area contributed by atoms with Crippen molar-refractivity contribution in [1.29, 1.82) is 0 Å². The standard InChI is InChI=1S/C16H19BrN2O2/c1-19(2)14-8-7-12(17)9-13(14)18-10-11-5-4-6-15(21-3)16(11)20/h4-9,18,20H,10H2,1-3H3. The van der Waals surface area contributed by atoms with Crippen LogP contribution in [0, 0.1) is 0 Å². The SMILES string of the molecule is COc1cccc(CNc2cc(Br)ccc2N(C)C)c1O. The molecule has 0 bridgehead atoms. The molecule has 0 spiro atoms. The first-order valence-corrected chi connectivity index (χ1v) is 7.38. The normalized spacial score (nSPS) is 10.3. The zero-order chi connectivity index (χ0) is 15.4. The van der Waals surface area contributed by atoms with Gasteiger partial charge in [0.05, 0.1) is 18.5 Å². The van der Waals surface area contributed by atoms with E-state index in [4.69, 9.17) is 4.74 Å². The summed E-state index contributed by atoms with van der Waals surface area (Å²) in [5.74, 6) is 0.658. The highest BCUT2D eigenvalue weighted by molar-refractivity contribution is 9.10. The first-order chi connectivity index (χ1) is 10.0. The van der Waals surface area contributed by atoms with Gasteiger partial charge in [0.2, 0.25) is 0 Å². The molecule has 0 amide bonds. The summed E-state index contributed by atoms with van der Waals surface area (Å²) < 4.78 is 6.13. The summed E-state index contributed by atoms with van der Waals surface area (Å²) in [7, 11) is 5.54. The number of hydrogen-bond acceptors (Lipinski definition) is 4. The predicted molar refractivity (Wildman–Crippen MR) is 90.5 cm³/mol. The second kappa shape index (κ2) is 6.72. The topological polar surface area (TPSA) is 44.7 Å². The van der Waals surface area contributed by atoms with Gasteiger partial charge >= 0.3 is 0 Å². The third-order valence-electron chi connectivity index (χ3n) is 3.21. The van der Waals surface area contributed by atoms with Gasteiger partial charge in [-0.05, 0) is 24.3 Å². The average molecular weight is 351 g/mol. The van der Waals surface area contributed by atoms with Crippen molar-refractivity contribution in [2.45, 2.75) is 6.54 Å². The van der Waals surface area contributed by atoms with Crippen LogP contribution >= 0.6 is 15.9 Å². The Morgan fingerprint density at radius 3 is 2.67 bits per heavy atom. The minimum Gasteiger partial charge on any atom is -0.504 e. The Bertz CT molecular complexity index is 630. The van der Waals surface area contributed by atoms with E-state index in [1.807, 2.05) is 49.3 Å². The van der Waals surface area contributed by atoms with Crippen LogP contribution < -0.4 is 15.0 Å². The zero-order valence-electron chi connectivity index (χ0n) is 12.4. The van der Waals surface area contributed by atoms with Gasteiger partial charge in [0.15, 0.2) is 11.5 Å². The van der Waals surface area contributed by atoms with E-state index < -0.39 is 0 Å². The first-order valence-electron chi connectivity index (χ1n) is 6.58. The number of benzene rings is 2. The van der Waals surface area contributed by atoms with Crippen LogP contribution in [-0.4, -0.2) is 26.3 Å². The van der Waals surface area contributed by atoms with Gasteiger partial charge in [-0.15, -0.1) is 0 Å². The van der Waals surface area contributed by atoms with Gasteiger partial charge in [-0.25, -0.2) is 0 Å². The number of phenolic OH excluding ortho intramolecular Hbond substituents is 1. The summed E-state index contributed by atoms with van der Waals surface area (Å²) in [6.07, 6.45) is 0. The third-order valence-corrected chi connectivity index (χ3v) is 3.71. The molecule has 2 aromatic carbocycles. The average Bonchev–Trinajstić information content (AvgIpc) is 2.46. The third kappa shape index (κ3) is 3.61. The number of methoxy groups -OCH3 is 1. The second-order valence-corrected chi connectivity index (χ2v) is 5.79. The highest BCUT2D eigenvalue weighted by Crippen LogP contribution is 2.32. The van der Waals surface area contributed by atoms with Crippen molar-refractivity contribution in [3.63, 3.8) is 0 Å². The number of phenols is 1. The van der Waals surface area contributed by atoms with E-state index in [1.54, 1.807) is 13.2 Å². The Hall–Kier alpha value is -1.88. The number of aromatic hydroxyl groups is 1. The Morgan fingerprint density at radius 1 is 1.24 bits per heavy atom. The van der Waals surface area contributed by atoms with E-state index in [2.05, 4.69) is 21.2 Å². The number of halogens is 1. The van der Waals surface area contributed by atoms with Gasteiger partial charge in [-0.1, -0.05) is 28.1 Å². The quantitative estimate of drug-likeness (QED) is 0.859. The lowest BCUT2D eigenvalue weighted by molar-refractivity contribution is 0.371. The van der Waals surface area contributed by atoms with E-state index >= 15 is 0 Å². The molecule has 2 rings (SSSR count). The Morgan fingerprint density at radius 2 is 2.00 bits per heavy atom. The van der Waals surface area contributed by atoms with Gasteiger partial charge in [0.25, 0.3) is 0 Å². The van der Waals surface area contributed by atoms with Crippen LogP contribution in [-0.2, 0) is 6.54 Å². The minimum absolute atomic E-state index is 0.175. The molecule has 0 aliphatic rings. The molecule has 2 N–H and O–H groups in total. The van der Waals surface area contributed by atoms with Crippen molar-refractivity contribution in [3.8, 4) is 11.5 Å². The lowest BCUT2D eigenvalue weighted by Crippen LogP contribution is -2.12. The van der Waals surface area contributed by atoms with Crippen molar-refractivity contribution in [2.75, 3.05) is 31.4 Å². The highest BCUT2D eigenvalue weighted by atomic mass is 79.9. The summed E-state index contributed by atoms with van der Waals surface area (Å²) >= 11 is 3.48. The molecule has 5 heteroatoms. The first kappa shape index (κ1) is 15.5. The fraction of sp³-hybridized carbons (Fsp3) is 0.250. The number of nitrogens with one attached hydrogen (secondary N) is 1. The fourth-order valence-corrected chi connectivity index (χ4v) is 2.47. The van der Waals surface area contributed by atoms with Crippen molar-refractivity contribution in [2.24, 2.45) is 0 Å². The number of rotatable bonds is 5. The fourth-order valence-electron chi connectivity index (χ4n) is 2.11. The van der Waals surface area contributed by atoms with Gasteiger partial charge in [-0.2, -0.15) is 0 Å². The van der Waals surface area contributed by atoms with Crippen molar-refractivity contribution >= 4 is 27.3 Å². The molecule has 0 fully saturated rings. The van der Waals surface area contributed by atoms with Gasteiger partial charge in [-0.3, -0.25) is 0 Å². The summed E-state index contributed by atoms with van der Waals surface area (Å²) in [5, 5.41) is 13.5. The molecule has 0 aliphatic carbocycles. The van der Waals surface area contributed by atoms with E-state index in [0.717, 1.165) is 21.4 Å². The molecular formula is C16H19BrN2O2. The predicted octanol–water partition coefficient (Wildman–Crippen LogP) is 3.84. The van der Waals surface area contributed by atoms with E-state index in [9.17, 15) is 5.11 Å². The summed E-state index contributed by atoms with van der Waals surface area (Å²) in [6, 6.07) is 11.5. The molecule has 21 heavy (non-hydrogen) atoms. The molecule has 0 unspecified atom stereocenters. The molecule has 2 aromatic rings.